The van der Waals surface area contributed by atoms with Gasteiger partial charge in [0.25, 0.3) is 5.91 Å². The summed E-state index contributed by atoms with van der Waals surface area (Å²) in [6.45, 7) is 6.29. The summed E-state index contributed by atoms with van der Waals surface area (Å²) in [7, 11) is -3.31. The summed E-state index contributed by atoms with van der Waals surface area (Å²) >= 11 is 1.45. The molecule has 122 valence electrons. The first-order valence-electron chi connectivity index (χ1n) is 7.41. The number of thiophene rings is 1. The fourth-order valence-corrected chi connectivity index (χ4v) is 5.37. The molecule has 1 aliphatic rings. The van der Waals surface area contributed by atoms with Crippen molar-refractivity contribution in [2.75, 3.05) is 5.75 Å². The van der Waals surface area contributed by atoms with E-state index in [1.807, 2.05) is 6.07 Å². The van der Waals surface area contributed by atoms with Crippen LogP contribution in [0.25, 0.3) is 0 Å². The zero-order valence-corrected chi connectivity index (χ0v) is 14.9. The van der Waals surface area contributed by atoms with Crippen LogP contribution in [-0.2, 0) is 15.3 Å². The quantitative estimate of drug-likeness (QED) is 0.905. The number of hydrogen-bond donors (Lipinski definition) is 1. The Balaban J connectivity index is 1.83. The molecule has 1 aromatic heterocycles. The summed E-state index contributed by atoms with van der Waals surface area (Å²) in [5.74, 6) is -0.294. The van der Waals surface area contributed by atoms with E-state index in [1.54, 1.807) is 30.3 Å². The first-order chi connectivity index (χ1) is 10.7. The second kappa shape index (κ2) is 5.46. The second-order valence-electron chi connectivity index (χ2n) is 6.76. The molecule has 4 nitrogen and oxygen atoms in total. The number of carbonyl (C=O) groups is 1. The summed E-state index contributed by atoms with van der Waals surface area (Å²) in [5.41, 5.74) is 0.667. The van der Waals surface area contributed by atoms with Gasteiger partial charge in [-0.05, 0) is 29.2 Å². The van der Waals surface area contributed by atoms with Crippen LogP contribution >= 0.6 is 11.3 Å². The molecular formula is C17H19NO3S2. The molecule has 0 fully saturated rings. The molecule has 23 heavy (non-hydrogen) atoms. The van der Waals surface area contributed by atoms with Gasteiger partial charge in [-0.15, -0.1) is 11.3 Å². The average molecular weight is 349 g/mol. The number of rotatable bonds is 2. The van der Waals surface area contributed by atoms with Gasteiger partial charge in [0.15, 0.2) is 9.84 Å². The van der Waals surface area contributed by atoms with Gasteiger partial charge in [0, 0.05) is 4.88 Å². The maximum Gasteiger partial charge on any atom is 0.261 e. The van der Waals surface area contributed by atoms with Crippen molar-refractivity contribution in [2.45, 2.75) is 37.1 Å². The van der Waals surface area contributed by atoms with Gasteiger partial charge < -0.3 is 5.32 Å². The number of fused-ring (bicyclic) bond motifs is 1. The van der Waals surface area contributed by atoms with Crippen LogP contribution < -0.4 is 5.32 Å². The Labute approximate surface area is 140 Å². The third kappa shape index (κ3) is 3.05. The number of benzene rings is 1. The van der Waals surface area contributed by atoms with Crippen molar-refractivity contribution in [1.29, 1.82) is 0 Å². The molecule has 0 radical (unpaired) electrons. The van der Waals surface area contributed by atoms with Gasteiger partial charge in [-0.25, -0.2) is 8.42 Å². The highest BCUT2D eigenvalue weighted by atomic mass is 32.2. The van der Waals surface area contributed by atoms with Crippen LogP contribution in [-0.4, -0.2) is 20.1 Å². The Morgan fingerprint density at radius 3 is 2.52 bits per heavy atom. The summed E-state index contributed by atoms with van der Waals surface area (Å²) < 4.78 is 24.3. The molecule has 2 aromatic rings. The van der Waals surface area contributed by atoms with Gasteiger partial charge in [-0.3, -0.25) is 4.79 Å². The SMILES string of the molecule is CC(C)(C)c1ccc(C(=O)NC2CS(=O)(=O)c3ccccc32)s1. The molecule has 6 heteroatoms. The lowest BCUT2D eigenvalue weighted by atomic mass is 9.95. The Morgan fingerprint density at radius 1 is 1.17 bits per heavy atom. The van der Waals surface area contributed by atoms with E-state index < -0.39 is 15.9 Å². The molecule has 2 heterocycles. The lowest BCUT2D eigenvalue weighted by Gasteiger charge is -2.15. The zero-order valence-electron chi connectivity index (χ0n) is 13.3. The lowest BCUT2D eigenvalue weighted by Crippen LogP contribution is -2.29. The fraction of sp³-hybridized carbons (Fsp3) is 0.353. The third-order valence-electron chi connectivity index (χ3n) is 3.89. The Kier molecular flexibility index (Phi) is 3.84. The van der Waals surface area contributed by atoms with Crippen LogP contribution in [0.4, 0.5) is 0 Å². The number of sulfone groups is 1. The molecule has 0 bridgehead atoms. The van der Waals surface area contributed by atoms with Crippen LogP contribution in [0.3, 0.4) is 0 Å². The molecule has 1 atom stereocenters. The molecule has 0 saturated heterocycles. The minimum atomic E-state index is -3.31. The molecule has 1 aromatic carbocycles. The number of amides is 1. The van der Waals surface area contributed by atoms with Crippen LogP contribution in [0.15, 0.2) is 41.3 Å². The fourth-order valence-electron chi connectivity index (χ4n) is 2.66. The normalized spacial score (nSPS) is 19.3. The number of nitrogens with one attached hydrogen (secondary N) is 1. The molecule has 1 N–H and O–H groups in total. The van der Waals surface area contributed by atoms with Gasteiger partial charge in [0.2, 0.25) is 0 Å². The summed E-state index contributed by atoms with van der Waals surface area (Å²) in [4.78, 5) is 14.5. The summed E-state index contributed by atoms with van der Waals surface area (Å²) in [6, 6.07) is 10.1. The van der Waals surface area contributed by atoms with Crippen LogP contribution in [0.5, 0.6) is 0 Å². The molecule has 1 amide bonds. The molecule has 3 rings (SSSR count). The van der Waals surface area contributed by atoms with Crippen molar-refractivity contribution in [3.8, 4) is 0 Å². The second-order valence-corrected chi connectivity index (χ2v) is 9.85. The van der Waals surface area contributed by atoms with Gasteiger partial charge in [0.1, 0.15) is 0 Å². The van der Waals surface area contributed by atoms with E-state index in [9.17, 15) is 13.2 Å². The Hall–Kier alpha value is -1.66. The summed E-state index contributed by atoms with van der Waals surface area (Å²) in [5, 5.41) is 2.86. The van der Waals surface area contributed by atoms with Crippen molar-refractivity contribution >= 4 is 27.1 Å². The molecule has 0 saturated carbocycles. The average Bonchev–Trinajstić information content (AvgIpc) is 3.04. The molecule has 1 aliphatic heterocycles. The van der Waals surface area contributed by atoms with Crippen molar-refractivity contribution in [2.24, 2.45) is 0 Å². The molecule has 0 spiro atoms. The first-order valence-corrected chi connectivity index (χ1v) is 9.88. The topological polar surface area (TPSA) is 63.2 Å². The highest BCUT2D eigenvalue weighted by molar-refractivity contribution is 7.91. The Bertz CT molecular complexity index is 860. The van der Waals surface area contributed by atoms with E-state index in [4.69, 9.17) is 0 Å². The standard InChI is InChI=1S/C17H19NO3S2/c1-17(2,3)15-9-8-13(22-15)16(19)18-12-10-23(20,21)14-7-5-4-6-11(12)14/h4-9,12H,10H2,1-3H3,(H,18,19). The largest absolute Gasteiger partial charge is 0.343 e. The number of carbonyl (C=O) groups excluding carboxylic acids is 1. The van der Waals surface area contributed by atoms with Crippen molar-refractivity contribution in [3.05, 3.63) is 51.7 Å². The van der Waals surface area contributed by atoms with Gasteiger partial charge in [-0.1, -0.05) is 39.0 Å². The van der Waals surface area contributed by atoms with Crippen LogP contribution in [0.1, 0.15) is 46.9 Å². The van der Waals surface area contributed by atoms with Crippen LogP contribution in [0.2, 0.25) is 0 Å². The predicted molar refractivity (Wildman–Crippen MR) is 91.7 cm³/mol. The van der Waals surface area contributed by atoms with Gasteiger partial charge in [0.05, 0.1) is 21.6 Å². The van der Waals surface area contributed by atoms with E-state index in [0.717, 1.165) is 4.88 Å². The predicted octanol–water partition coefficient (Wildman–Crippen LogP) is 3.30. The highest BCUT2D eigenvalue weighted by Crippen LogP contribution is 2.34. The first kappa shape index (κ1) is 16.2. The highest BCUT2D eigenvalue weighted by Gasteiger charge is 2.35. The minimum absolute atomic E-state index is 0.00745. The minimum Gasteiger partial charge on any atom is -0.343 e. The van der Waals surface area contributed by atoms with Crippen molar-refractivity contribution in [3.63, 3.8) is 0 Å². The molecular weight excluding hydrogens is 330 g/mol. The molecule has 0 aliphatic carbocycles. The van der Waals surface area contributed by atoms with Gasteiger partial charge >= 0.3 is 0 Å². The maximum atomic E-state index is 12.5. The van der Waals surface area contributed by atoms with E-state index >= 15 is 0 Å². The van der Waals surface area contributed by atoms with E-state index in [0.29, 0.717) is 15.3 Å². The lowest BCUT2D eigenvalue weighted by molar-refractivity contribution is 0.0945. The number of hydrogen-bond acceptors (Lipinski definition) is 4. The summed E-state index contributed by atoms with van der Waals surface area (Å²) in [6.07, 6.45) is 0. The van der Waals surface area contributed by atoms with E-state index in [1.165, 1.54) is 11.3 Å². The smallest absolute Gasteiger partial charge is 0.261 e. The van der Waals surface area contributed by atoms with E-state index in [-0.39, 0.29) is 17.1 Å². The van der Waals surface area contributed by atoms with Gasteiger partial charge in [-0.2, -0.15) is 0 Å². The zero-order chi connectivity index (χ0) is 16.8. The monoisotopic (exact) mass is 349 g/mol. The van der Waals surface area contributed by atoms with Crippen LogP contribution in [0, 0.1) is 0 Å². The maximum absolute atomic E-state index is 12.5. The third-order valence-corrected chi connectivity index (χ3v) is 7.21. The molecule has 1 unspecified atom stereocenters. The van der Waals surface area contributed by atoms with Crippen molar-refractivity contribution < 1.29 is 13.2 Å². The van der Waals surface area contributed by atoms with E-state index in [2.05, 4.69) is 26.1 Å². The Morgan fingerprint density at radius 2 is 1.87 bits per heavy atom. The van der Waals surface area contributed by atoms with Crippen molar-refractivity contribution in [1.82, 2.24) is 5.32 Å².